The van der Waals surface area contributed by atoms with E-state index in [1.165, 1.54) is 11.5 Å². The maximum absolute atomic E-state index is 12.6. The summed E-state index contributed by atoms with van der Waals surface area (Å²) >= 11 is 1.39. The molecule has 0 radical (unpaired) electrons. The van der Waals surface area contributed by atoms with E-state index < -0.39 is 0 Å². The minimum atomic E-state index is -0.0456. The van der Waals surface area contributed by atoms with Gasteiger partial charge < -0.3 is 10.2 Å². The van der Waals surface area contributed by atoms with Crippen molar-refractivity contribution in [2.24, 2.45) is 0 Å². The summed E-state index contributed by atoms with van der Waals surface area (Å²) in [7, 11) is 1.78. The van der Waals surface area contributed by atoms with Crippen molar-refractivity contribution in [3.8, 4) is 6.07 Å². The number of nitrogens with zero attached hydrogens (tertiary/aromatic N) is 4. The Hall–Kier alpha value is -3.24. The zero-order valence-electron chi connectivity index (χ0n) is 14.2. The molecule has 1 N–H and O–H groups in total. The Bertz CT molecular complexity index is 933. The van der Waals surface area contributed by atoms with Gasteiger partial charge in [0.05, 0.1) is 12.1 Å². The second-order valence-electron chi connectivity index (χ2n) is 5.71. The van der Waals surface area contributed by atoms with Crippen molar-refractivity contribution < 1.29 is 4.79 Å². The SMILES string of the molecule is CN(Cc1ccns1)C(=O)c1cccc(CNc2ncccc2C#N)c1. The second-order valence-corrected chi connectivity index (χ2v) is 6.62. The Labute approximate surface area is 155 Å². The Morgan fingerprint density at radius 2 is 2.15 bits per heavy atom. The molecular weight excluding hydrogens is 346 g/mol. The number of rotatable bonds is 6. The van der Waals surface area contributed by atoms with Crippen LogP contribution in [0, 0.1) is 11.3 Å². The van der Waals surface area contributed by atoms with Crippen LogP contribution < -0.4 is 5.32 Å². The molecule has 1 amide bonds. The number of hydrogen-bond donors (Lipinski definition) is 1. The fraction of sp³-hybridized carbons (Fsp3) is 0.158. The van der Waals surface area contributed by atoms with Crippen LogP contribution in [-0.4, -0.2) is 27.2 Å². The molecule has 2 heterocycles. The highest BCUT2D eigenvalue weighted by atomic mass is 32.1. The normalized spacial score (nSPS) is 10.2. The second kappa shape index (κ2) is 8.23. The zero-order chi connectivity index (χ0) is 18.4. The van der Waals surface area contributed by atoms with E-state index >= 15 is 0 Å². The number of carbonyl (C=O) groups is 1. The van der Waals surface area contributed by atoms with Crippen molar-refractivity contribution in [3.63, 3.8) is 0 Å². The first-order valence-corrected chi connectivity index (χ1v) is 8.77. The van der Waals surface area contributed by atoms with Gasteiger partial charge in [-0.1, -0.05) is 12.1 Å². The number of benzene rings is 1. The first-order chi connectivity index (χ1) is 12.7. The maximum atomic E-state index is 12.6. The lowest BCUT2D eigenvalue weighted by molar-refractivity contribution is 0.0786. The first-order valence-electron chi connectivity index (χ1n) is 8.00. The molecule has 0 atom stereocenters. The van der Waals surface area contributed by atoms with Gasteiger partial charge in [0.25, 0.3) is 5.91 Å². The van der Waals surface area contributed by atoms with Crippen LogP contribution in [0.3, 0.4) is 0 Å². The molecule has 1 aromatic carbocycles. The van der Waals surface area contributed by atoms with Crippen LogP contribution in [-0.2, 0) is 13.1 Å². The lowest BCUT2D eigenvalue weighted by atomic mass is 10.1. The maximum Gasteiger partial charge on any atom is 0.253 e. The van der Waals surface area contributed by atoms with Crippen molar-refractivity contribution in [1.29, 1.82) is 5.26 Å². The molecule has 3 aromatic rings. The number of nitriles is 1. The van der Waals surface area contributed by atoms with Crippen LogP contribution in [0.15, 0.2) is 54.9 Å². The molecule has 0 unspecified atom stereocenters. The van der Waals surface area contributed by atoms with Crippen molar-refractivity contribution in [2.75, 3.05) is 12.4 Å². The van der Waals surface area contributed by atoms with Crippen LogP contribution in [0.5, 0.6) is 0 Å². The number of hydrogen-bond acceptors (Lipinski definition) is 6. The number of aromatic nitrogens is 2. The average Bonchev–Trinajstić information content (AvgIpc) is 3.19. The van der Waals surface area contributed by atoms with Gasteiger partial charge >= 0.3 is 0 Å². The number of amides is 1. The van der Waals surface area contributed by atoms with Gasteiger partial charge in [-0.05, 0) is 47.4 Å². The molecule has 26 heavy (non-hydrogen) atoms. The molecule has 130 valence electrons. The molecule has 6 nitrogen and oxygen atoms in total. The van der Waals surface area contributed by atoms with E-state index in [1.807, 2.05) is 24.3 Å². The summed E-state index contributed by atoms with van der Waals surface area (Å²) in [6.07, 6.45) is 3.37. The summed E-state index contributed by atoms with van der Waals surface area (Å²) in [6, 6.07) is 14.9. The summed E-state index contributed by atoms with van der Waals surface area (Å²) < 4.78 is 4.06. The van der Waals surface area contributed by atoms with E-state index in [-0.39, 0.29) is 5.91 Å². The topological polar surface area (TPSA) is 81.9 Å². The predicted molar refractivity (Wildman–Crippen MR) is 101 cm³/mol. The summed E-state index contributed by atoms with van der Waals surface area (Å²) in [4.78, 5) is 19.5. The molecule has 0 bridgehead atoms. The monoisotopic (exact) mass is 363 g/mol. The molecular formula is C19H17N5OS. The van der Waals surface area contributed by atoms with Gasteiger partial charge in [0.15, 0.2) is 0 Å². The van der Waals surface area contributed by atoms with Gasteiger partial charge in [-0.2, -0.15) is 5.26 Å². The number of anilines is 1. The third-order valence-corrected chi connectivity index (χ3v) is 4.52. The molecule has 0 aliphatic carbocycles. The summed E-state index contributed by atoms with van der Waals surface area (Å²) in [5, 5.41) is 12.3. The van der Waals surface area contributed by atoms with Crippen molar-refractivity contribution >= 4 is 23.3 Å². The third-order valence-electron chi connectivity index (χ3n) is 3.79. The molecule has 0 saturated carbocycles. The predicted octanol–water partition coefficient (Wildman–Crippen LogP) is 3.29. The minimum absolute atomic E-state index is 0.0456. The molecule has 2 aromatic heterocycles. The van der Waals surface area contributed by atoms with E-state index in [4.69, 9.17) is 5.26 Å². The fourth-order valence-corrected chi connectivity index (χ4v) is 3.12. The van der Waals surface area contributed by atoms with Crippen molar-refractivity contribution in [2.45, 2.75) is 13.1 Å². The Morgan fingerprint density at radius 1 is 1.27 bits per heavy atom. The molecule has 0 saturated heterocycles. The molecule has 0 fully saturated rings. The van der Waals surface area contributed by atoms with Crippen molar-refractivity contribution in [3.05, 3.63) is 76.4 Å². The standard InChI is InChI=1S/C19H17N5OS/c1-24(13-17-7-9-23-26-17)19(25)15-5-2-4-14(10-15)12-22-18-16(11-20)6-3-8-21-18/h2-10H,12-13H2,1H3,(H,21,22). The fourth-order valence-electron chi connectivity index (χ4n) is 2.49. The Kier molecular flexibility index (Phi) is 5.56. The molecule has 3 rings (SSSR count). The summed E-state index contributed by atoms with van der Waals surface area (Å²) in [5.74, 6) is 0.491. The largest absolute Gasteiger partial charge is 0.365 e. The van der Waals surface area contributed by atoms with Gasteiger partial charge in [0.1, 0.15) is 11.9 Å². The highest BCUT2D eigenvalue weighted by molar-refractivity contribution is 7.05. The number of carbonyl (C=O) groups excluding carboxylic acids is 1. The van der Waals surface area contributed by atoms with Gasteiger partial charge in [-0.3, -0.25) is 4.79 Å². The van der Waals surface area contributed by atoms with Gasteiger partial charge in [0.2, 0.25) is 0 Å². The smallest absolute Gasteiger partial charge is 0.253 e. The highest BCUT2D eigenvalue weighted by Crippen LogP contribution is 2.15. The van der Waals surface area contributed by atoms with E-state index in [2.05, 4.69) is 20.7 Å². The van der Waals surface area contributed by atoms with Crippen LogP contribution >= 0.6 is 11.5 Å². The van der Waals surface area contributed by atoms with E-state index in [0.29, 0.717) is 30.0 Å². The van der Waals surface area contributed by atoms with Crippen LogP contribution in [0.1, 0.15) is 26.4 Å². The zero-order valence-corrected chi connectivity index (χ0v) is 15.0. The van der Waals surface area contributed by atoms with E-state index in [0.717, 1.165) is 10.4 Å². The van der Waals surface area contributed by atoms with Crippen LogP contribution in [0.25, 0.3) is 0 Å². The lowest BCUT2D eigenvalue weighted by Crippen LogP contribution is -2.25. The molecule has 0 aliphatic heterocycles. The van der Waals surface area contributed by atoms with E-state index in [1.54, 1.807) is 42.5 Å². The molecule has 7 heteroatoms. The first kappa shape index (κ1) is 17.6. The van der Waals surface area contributed by atoms with Crippen LogP contribution in [0.4, 0.5) is 5.82 Å². The average molecular weight is 363 g/mol. The van der Waals surface area contributed by atoms with Crippen molar-refractivity contribution in [1.82, 2.24) is 14.3 Å². The quantitative estimate of drug-likeness (QED) is 0.727. The van der Waals surface area contributed by atoms with Crippen LogP contribution in [0.2, 0.25) is 0 Å². The number of pyridine rings is 1. The Balaban J connectivity index is 1.68. The summed E-state index contributed by atoms with van der Waals surface area (Å²) in [6.45, 7) is 1.01. The van der Waals surface area contributed by atoms with E-state index in [9.17, 15) is 4.79 Å². The van der Waals surface area contributed by atoms with Gasteiger partial charge in [-0.25, -0.2) is 9.36 Å². The highest BCUT2D eigenvalue weighted by Gasteiger charge is 2.13. The molecule has 0 aliphatic rings. The van der Waals surface area contributed by atoms with Gasteiger partial charge in [-0.15, -0.1) is 0 Å². The number of nitrogens with one attached hydrogen (secondary N) is 1. The van der Waals surface area contributed by atoms with Gasteiger partial charge in [0, 0.05) is 36.4 Å². The Morgan fingerprint density at radius 3 is 2.92 bits per heavy atom. The molecule has 0 spiro atoms. The summed E-state index contributed by atoms with van der Waals surface area (Å²) in [5.41, 5.74) is 2.05. The lowest BCUT2D eigenvalue weighted by Gasteiger charge is -2.16. The third kappa shape index (κ3) is 4.23. The minimum Gasteiger partial charge on any atom is -0.365 e.